The lowest BCUT2D eigenvalue weighted by atomic mass is 10.0. The molecule has 0 heterocycles. The first kappa shape index (κ1) is 16.7. The molecule has 0 bridgehead atoms. The van der Waals surface area contributed by atoms with Crippen LogP contribution in [-0.2, 0) is 16.0 Å². The van der Waals surface area contributed by atoms with Gasteiger partial charge in [-0.3, -0.25) is 9.59 Å². The molecule has 0 saturated carbocycles. The van der Waals surface area contributed by atoms with Crippen LogP contribution in [0.5, 0.6) is 0 Å². The van der Waals surface area contributed by atoms with E-state index in [1.54, 1.807) is 0 Å². The van der Waals surface area contributed by atoms with Crippen LogP contribution in [0.15, 0.2) is 48.5 Å². The third kappa shape index (κ3) is 5.56. The SMILES string of the molecule is Cc1ccc(Cc2cccc(NC(=O)CNC(=O)CN)c2)cc1. The number of carbonyl (C=O) groups is 2. The Morgan fingerprint density at radius 2 is 1.74 bits per heavy atom. The molecule has 2 rings (SSSR count). The molecule has 5 heteroatoms. The average Bonchev–Trinajstić information content (AvgIpc) is 2.55. The molecule has 23 heavy (non-hydrogen) atoms. The van der Waals surface area contributed by atoms with Crippen LogP contribution in [-0.4, -0.2) is 24.9 Å². The molecule has 4 N–H and O–H groups in total. The van der Waals surface area contributed by atoms with E-state index in [0.717, 1.165) is 12.0 Å². The van der Waals surface area contributed by atoms with Crippen LogP contribution in [0.2, 0.25) is 0 Å². The molecule has 0 unspecified atom stereocenters. The molecule has 0 radical (unpaired) electrons. The summed E-state index contributed by atoms with van der Waals surface area (Å²) in [5.74, 6) is -0.632. The summed E-state index contributed by atoms with van der Waals surface area (Å²) in [7, 11) is 0. The van der Waals surface area contributed by atoms with Gasteiger partial charge in [0, 0.05) is 5.69 Å². The molecule has 5 nitrogen and oxygen atoms in total. The number of hydrogen-bond donors (Lipinski definition) is 3. The molecule has 0 aliphatic heterocycles. The number of nitrogens with two attached hydrogens (primary N) is 1. The van der Waals surface area contributed by atoms with Crippen molar-refractivity contribution in [3.63, 3.8) is 0 Å². The largest absolute Gasteiger partial charge is 0.346 e. The monoisotopic (exact) mass is 311 g/mol. The van der Waals surface area contributed by atoms with E-state index in [-0.39, 0.29) is 24.9 Å². The van der Waals surface area contributed by atoms with Gasteiger partial charge in [-0.25, -0.2) is 0 Å². The second kappa shape index (κ2) is 8.10. The molecule has 2 aromatic rings. The zero-order chi connectivity index (χ0) is 16.7. The highest BCUT2D eigenvalue weighted by Crippen LogP contribution is 2.15. The summed E-state index contributed by atoms with van der Waals surface area (Å²) < 4.78 is 0. The Kier molecular flexibility index (Phi) is 5.88. The minimum absolute atomic E-state index is 0.0851. The van der Waals surface area contributed by atoms with E-state index in [2.05, 4.69) is 41.8 Å². The summed E-state index contributed by atoms with van der Waals surface area (Å²) in [6.45, 7) is 1.85. The summed E-state index contributed by atoms with van der Waals surface area (Å²) in [5, 5.41) is 5.20. The predicted molar refractivity (Wildman–Crippen MR) is 91.1 cm³/mol. The summed E-state index contributed by atoms with van der Waals surface area (Å²) in [6.07, 6.45) is 0.800. The van der Waals surface area contributed by atoms with Gasteiger partial charge in [0.25, 0.3) is 0 Å². The second-order valence-corrected chi connectivity index (χ2v) is 5.39. The molecule has 0 atom stereocenters. The smallest absolute Gasteiger partial charge is 0.243 e. The zero-order valence-corrected chi connectivity index (χ0v) is 13.1. The van der Waals surface area contributed by atoms with Gasteiger partial charge in [-0.05, 0) is 36.6 Å². The standard InChI is InChI=1S/C18H21N3O2/c1-13-5-7-14(8-6-13)9-15-3-2-4-16(10-15)21-18(23)12-20-17(22)11-19/h2-8,10H,9,11-12,19H2,1H3,(H,20,22)(H,21,23). The van der Waals surface area contributed by atoms with E-state index in [1.807, 2.05) is 24.3 Å². The first-order valence-corrected chi connectivity index (χ1v) is 7.48. The first-order valence-electron chi connectivity index (χ1n) is 7.48. The lowest BCUT2D eigenvalue weighted by Crippen LogP contribution is -2.36. The summed E-state index contributed by atoms with van der Waals surface area (Å²) in [6, 6.07) is 16.0. The van der Waals surface area contributed by atoms with Crippen LogP contribution >= 0.6 is 0 Å². The lowest BCUT2D eigenvalue weighted by Gasteiger charge is -2.08. The highest BCUT2D eigenvalue weighted by molar-refractivity contribution is 5.94. The maximum atomic E-state index is 11.8. The highest BCUT2D eigenvalue weighted by Gasteiger charge is 2.05. The first-order chi connectivity index (χ1) is 11.1. The molecule has 0 saturated heterocycles. The Bertz CT molecular complexity index is 681. The Morgan fingerprint density at radius 3 is 2.43 bits per heavy atom. The fourth-order valence-electron chi connectivity index (χ4n) is 2.16. The van der Waals surface area contributed by atoms with Crippen LogP contribution in [0.4, 0.5) is 5.69 Å². The number of nitrogens with one attached hydrogen (secondary N) is 2. The molecule has 120 valence electrons. The molecular formula is C18H21N3O2. The predicted octanol–water partition coefficient (Wildman–Crippen LogP) is 1.60. The van der Waals surface area contributed by atoms with Crippen molar-refractivity contribution in [1.82, 2.24) is 5.32 Å². The Morgan fingerprint density at radius 1 is 1.00 bits per heavy atom. The quantitative estimate of drug-likeness (QED) is 0.757. The van der Waals surface area contributed by atoms with Gasteiger partial charge >= 0.3 is 0 Å². The summed E-state index contributed by atoms with van der Waals surface area (Å²) in [4.78, 5) is 22.8. The van der Waals surface area contributed by atoms with Crippen molar-refractivity contribution >= 4 is 17.5 Å². The van der Waals surface area contributed by atoms with Crippen molar-refractivity contribution in [2.45, 2.75) is 13.3 Å². The van der Waals surface area contributed by atoms with Gasteiger partial charge < -0.3 is 16.4 Å². The highest BCUT2D eigenvalue weighted by atomic mass is 16.2. The Hall–Kier alpha value is -2.66. The zero-order valence-electron chi connectivity index (χ0n) is 13.1. The van der Waals surface area contributed by atoms with E-state index in [0.29, 0.717) is 5.69 Å². The van der Waals surface area contributed by atoms with Crippen molar-refractivity contribution in [1.29, 1.82) is 0 Å². The topological polar surface area (TPSA) is 84.2 Å². The van der Waals surface area contributed by atoms with Crippen molar-refractivity contribution in [3.05, 3.63) is 65.2 Å². The van der Waals surface area contributed by atoms with Crippen molar-refractivity contribution in [3.8, 4) is 0 Å². The van der Waals surface area contributed by atoms with Gasteiger partial charge in [-0.2, -0.15) is 0 Å². The van der Waals surface area contributed by atoms with E-state index < -0.39 is 0 Å². The van der Waals surface area contributed by atoms with Crippen LogP contribution < -0.4 is 16.4 Å². The lowest BCUT2D eigenvalue weighted by molar-refractivity contribution is -0.123. The van der Waals surface area contributed by atoms with Crippen LogP contribution in [0, 0.1) is 6.92 Å². The maximum absolute atomic E-state index is 11.8. The molecule has 0 spiro atoms. The number of carbonyl (C=O) groups excluding carboxylic acids is 2. The minimum Gasteiger partial charge on any atom is -0.346 e. The van der Waals surface area contributed by atoms with Crippen LogP contribution in [0.3, 0.4) is 0 Å². The van der Waals surface area contributed by atoms with E-state index >= 15 is 0 Å². The van der Waals surface area contributed by atoms with Gasteiger partial charge in [0.1, 0.15) is 0 Å². The molecule has 2 aromatic carbocycles. The number of benzene rings is 2. The minimum atomic E-state index is -0.353. The molecular weight excluding hydrogens is 290 g/mol. The molecule has 0 fully saturated rings. The van der Waals surface area contributed by atoms with Gasteiger partial charge in [-0.15, -0.1) is 0 Å². The van der Waals surface area contributed by atoms with Crippen LogP contribution in [0.1, 0.15) is 16.7 Å². The number of amides is 2. The van der Waals surface area contributed by atoms with Gasteiger partial charge in [0.05, 0.1) is 13.1 Å². The average molecular weight is 311 g/mol. The molecule has 0 aromatic heterocycles. The van der Waals surface area contributed by atoms with Crippen molar-refractivity contribution in [2.24, 2.45) is 5.73 Å². The van der Waals surface area contributed by atoms with Crippen molar-refractivity contribution in [2.75, 3.05) is 18.4 Å². The fraction of sp³-hybridized carbons (Fsp3) is 0.222. The Balaban J connectivity index is 1.95. The summed E-state index contributed by atoms with van der Waals surface area (Å²) >= 11 is 0. The van der Waals surface area contributed by atoms with E-state index in [4.69, 9.17) is 5.73 Å². The number of anilines is 1. The van der Waals surface area contributed by atoms with Crippen molar-refractivity contribution < 1.29 is 9.59 Å². The second-order valence-electron chi connectivity index (χ2n) is 5.39. The van der Waals surface area contributed by atoms with E-state index in [1.165, 1.54) is 11.1 Å². The third-order valence-electron chi connectivity index (χ3n) is 3.37. The Labute approximate surface area is 135 Å². The molecule has 0 aliphatic rings. The summed E-state index contributed by atoms with van der Waals surface area (Å²) in [5.41, 5.74) is 9.44. The number of aryl methyl sites for hydroxylation is 1. The van der Waals surface area contributed by atoms with Gasteiger partial charge in [-0.1, -0.05) is 42.0 Å². The van der Waals surface area contributed by atoms with Gasteiger partial charge in [0.15, 0.2) is 0 Å². The van der Waals surface area contributed by atoms with E-state index in [9.17, 15) is 9.59 Å². The maximum Gasteiger partial charge on any atom is 0.243 e. The fourth-order valence-corrected chi connectivity index (χ4v) is 2.16. The molecule has 2 amide bonds. The number of hydrogen-bond acceptors (Lipinski definition) is 3. The molecule has 0 aliphatic carbocycles. The van der Waals surface area contributed by atoms with Crippen LogP contribution in [0.25, 0.3) is 0 Å². The number of rotatable bonds is 6. The third-order valence-corrected chi connectivity index (χ3v) is 3.37. The van der Waals surface area contributed by atoms with Gasteiger partial charge in [0.2, 0.25) is 11.8 Å². The normalized spacial score (nSPS) is 10.2.